The third kappa shape index (κ3) is 5.86. The zero-order chi connectivity index (χ0) is 24.0. The number of carboxylic acids is 1. The summed E-state index contributed by atoms with van der Waals surface area (Å²) in [4.78, 5) is 50.2. The first-order valence-corrected chi connectivity index (χ1v) is 11.3. The highest BCUT2D eigenvalue weighted by molar-refractivity contribution is 5.97. The van der Waals surface area contributed by atoms with Crippen LogP contribution in [0.1, 0.15) is 42.9 Å². The Morgan fingerprint density at radius 3 is 2.36 bits per heavy atom. The number of hydrogen-bond acceptors (Lipinski definition) is 4. The predicted molar refractivity (Wildman–Crippen MR) is 124 cm³/mol. The fourth-order valence-corrected chi connectivity index (χ4v) is 4.32. The highest BCUT2D eigenvalue weighted by Gasteiger charge is 2.41. The number of amides is 2. The molecule has 1 unspecified atom stereocenters. The van der Waals surface area contributed by atoms with Crippen LogP contribution in [0.25, 0.3) is 0 Å². The van der Waals surface area contributed by atoms with Gasteiger partial charge in [0, 0.05) is 0 Å². The van der Waals surface area contributed by atoms with Crippen molar-refractivity contribution in [2.24, 2.45) is 11.8 Å². The summed E-state index contributed by atoms with van der Waals surface area (Å²) in [7, 11) is 0. The van der Waals surface area contributed by atoms with Gasteiger partial charge < -0.3 is 15.7 Å². The van der Waals surface area contributed by atoms with Gasteiger partial charge >= 0.3 is 5.97 Å². The van der Waals surface area contributed by atoms with E-state index in [1.165, 1.54) is 0 Å². The Morgan fingerprint density at radius 2 is 1.70 bits per heavy atom. The van der Waals surface area contributed by atoms with Crippen molar-refractivity contribution >= 4 is 23.6 Å². The molecule has 0 heterocycles. The molecule has 4 atom stereocenters. The number of carbonyl (C=O) groups is 4. The third-order valence-electron chi connectivity index (χ3n) is 6.35. The second-order valence-corrected chi connectivity index (χ2v) is 8.60. The van der Waals surface area contributed by atoms with Gasteiger partial charge in [-0.15, -0.1) is 0 Å². The minimum absolute atomic E-state index is 0.140. The number of Topliss-reactive ketones (excluding diaryl/α,β-unsaturated/α-hetero) is 1. The minimum Gasteiger partial charge on any atom is -0.481 e. The number of hydrogen-bond donors (Lipinski definition) is 3. The number of nitrogens with one attached hydrogen (secondary N) is 2. The second-order valence-electron chi connectivity index (χ2n) is 8.60. The molecule has 0 saturated heterocycles. The van der Waals surface area contributed by atoms with E-state index in [9.17, 15) is 24.3 Å². The van der Waals surface area contributed by atoms with Crippen LogP contribution in [0.2, 0.25) is 0 Å². The summed E-state index contributed by atoms with van der Waals surface area (Å²) in [6, 6.07) is 15.7. The van der Waals surface area contributed by atoms with Gasteiger partial charge in [-0.25, -0.2) is 0 Å². The maximum atomic E-state index is 13.0. The maximum Gasteiger partial charge on any atom is 0.307 e. The third-order valence-corrected chi connectivity index (χ3v) is 6.35. The van der Waals surface area contributed by atoms with Crippen LogP contribution in [0.4, 0.5) is 0 Å². The molecular formula is C26H30N2O5. The van der Waals surface area contributed by atoms with Gasteiger partial charge in [-0.05, 0) is 29.0 Å². The van der Waals surface area contributed by atoms with Gasteiger partial charge in [0.1, 0.15) is 6.04 Å². The van der Waals surface area contributed by atoms with Gasteiger partial charge in [0.25, 0.3) is 0 Å². The molecule has 0 fully saturated rings. The van der Waals surface area contributed by atoms with Crippen molar-refractivity contribution < 1.29 is 24.3 Å². The molecule has 1 aliphatic carbocycles. The van der Waals surface area contributed by atoms with Gasteiger partial charge in [0.15, 0.2) is 5.78 Å². The molecule has 3 N–H and O–H groups in total. The van der Waals surface area contributed by atoms with E-state index in [0.29, 0.717) is 18.4 Å². The van der Waals surface area contributed by atoms with E-state index in [-0.39, 0.29) is 30.6 Å². The first-order valence-electron chi connectivity index (χ1n) is 11.3. The van der Waals surface area contributed by atoms with E-state index < -0.39 is 29.8 Å². The van der Waals surface area contributed by atoms with Crippen LogP contribution >= 0.6 is 0 Å². The number of ketones is 1. The average Bonchev–Trinajstić information content (AvgIpc) is 3.21. The molecule has 7 nitrogen and oxygen atoms in total. The summed E-state index contributed by atoms with van der Waals surface area (Å²) in [5, 5.41) is 15.0. The van der Waals surface area contributed by atoms with Gasteiger partial charge in [-0.3, -0.25) is 19.2 Å². The van der Waals surface area contributed by atoms with Crippen LogP contribution in [0.3, 0.4) is 0 Å². The number of carboxylic acid groups (broad SMARTS) is 1. The van der Waals surface area contributed by atoms with Crippen molar-refractivity contribution in [2.45, 2.75) is 45.1 Å². The molecule has 0 aliphatic heterocycles. The van der Waals surface area contributed by atoms with Crippen LogP contribution in [0, 0.1) is 11.8 Å². The lowest BCUT2D eigenvalue weighted by Crippen LogP contribution is -2.51. The summed E-state index contributed by atoms with van der Waals surface area (Å²) in [6.45, 7) is 3.50. The highest BCUT2D eigenvalue weighted by Crippen LogP contribution is 2.38. The molecule has 2 amide bonds. The van der Waals surface area contributed by atoms with Crippen molar-refractivity contribution in [1.82, 2.24) is 10.6 Å². The van der Waals surface area contributed by atoms with Crippen molar-refractivity contribution in [3.05, 3.63) is 71.3 Å². The summed E-state index contributed by atoms with van der Waals surface area (Å²) >= 11 is 0. The van der Waals surface area contributed by atoms with E-state index in [1.54, 1.807) is 12.1 Å². The Balaban J connectivity index is 1.65. The lowest BCUT2D eigenvalue weighted by molar-refractivity contribution is -0.144. The molecule has 0 saturated carbocycles. The van der Waals surface area contributed by atoms with E-state index in [0.717, 1.165) is 11.1 Å². The molecule has 0 spiro atoms. The molecular weight excluding hydrogens is 420 g/mol. The normalized spacial score (nSPS) is 18.6. The zero-order valence-corrected chi connectivity index (χ0v) is 18.9. The molecule has 0 bridgehead atoms. The highest BCUT2D eigenvalue weighted by atomic mass is 16.4. The lowest BCUT2D eigenvalue weighted by Gasteiger charge is -2.24. The van der Waals surface area contributed by atoms with Gasteiger partial charge in [0.2, 0.25) is 11.8 Å². The van der Waals surface area contributed by atoms with Crippen molar-refractivity contribution in [1.29, 1.82) is 0 Å². The maximum absolute atomic E-state index is 13.0. The summed E-state index contributed by atoms with van der Waals surface area (Å²) in [5.41, 5.74) is 2.40. The van der Waals surface area contributed by atoms with Gasteiger partial charge in [-0.2, -0.15) is 0 Å². The predicted octanol–water partition coefficient (Wildman–Crippen LogP) is 2.49. The molecule has 3 rings (SSSR count). The zero-order valence-electron chi connectivity index (χ0n) is 18.9. The molecule has 0 aromatic heterocycles. The molecule has 7 heteroatoms. The number of benzene rings is 2. The first-order chi connectivity index (χ1) is 15.8. The fraction of sp³-hybridized carbons (Fsp3) is 0.385. The lowest BCUT2D eigenvalue weighted by atomic mass is 9.88. The SMILES string of the molecule is CC[C@H](C)[C@H](NC(=O)Cc1ccccc1)C(=O)NCC(=O)C1c2ccccc2C[C@H]1C(=O)O. The quantitative estimate of drug-likeness (QED) is 0.515. The molecule has 2 aromatic carbocycles. The molecule has 174 valence electrons. The monoisotopic (exact) mass is 450 g/mol. The van der Waals surface area contributed by atoms with Crippen LogP contribution in [-0.2, 0) is 32.0 Å². The van der Waals surface area contributed by atoms with E-state index in [2.05, 4.69) is 10.6 Å². The largest absolute Gasteiger partial charge is 0.481 e. The van der Waals surface area contributed by atoms with Crippen LogP contribution in [0.15, 0.2) is 54.6 Å². The van der Waals surface area contributed by atoms with Crippen molar-refractivity contribution in [3.63, 3.8) is 0 Å². The number of rotatable bonds is 10. The van der Waals surface area contributed by atoms with E-state index in [4.69, 9.17) is 0 Å². The average molecular weight is 451 g/mol. The topological polar surface area (TPSA) is 113 Å². The smallest absolute Gasteiger partial charge is 0.307 e. The van der Waals surface area contributed by atoms with Crippen LogP contribution in [0.5, 0.6) is 0 Å². The fourth-order valence-electron chi connectivity index (χ4n) is 4.32. The summed E-state index contributed by atoms with van der Waals surface area (Å²) in [5.74, 6) is -3.88. The Morgan fingerprint density at radius 1 is 1.03 bits per heavy atom. The van der Waals surface area contributed by atoms with E-state index >= 15 is 0 Å². The second kappa shape index (κ2) is 10.9. The molecule has 2 aromatic rings. The molecule has 1 aliphatic rings. The molecule has 0 radical (unpaired) electrons. The number of aliphatic carboxylic acids is 1. The standard InChI is InChI=1S/C26H30N2O5/c1-3-16(2)24(28-22(30)13-17-9-5-4-6-10-17)25(31)27-15-21(29)23-19-12-8-7-11-18(19)14-20(23)26(32)33/h4-12,16,20,23-24H,3,13-15H2,1-2H3,(H,27,31)(H,28,30)(H,32,33)/t16-,20+,23?,24-/m0/s1. The van der Waals surface area contributed by atoms with Gasteiger partial charge in [-0.1, -0.05) is 74.9 Å². The summed E-state index contributed by atoms with van der Waals surface area (Å²) in [6.07, 6.45) is 1.11. The van der Waals surface area contributed by atoms with E-state index in [1.807, 2.05) is 56.3 Å². The first kappa shape index (κ1) is 24.2. The van der Waals surface area contributed by atoms with Gasteiger partial charge in [0.05, 0.1) is 24.8 Å². The Bertz CT molecular complexity index is 1020. The number of fused-ring (bicyclic) bond motifs is 1. The molecule has 33 heavy (non-hydrogen) atoms. The van der Waals surface area contributed by atoms with Crippen LogP contribution in [-0.4, -0.2) is 41.3 Å². The Hall–Kier alpha value is -3.48. The number of carbonyl (C=O) groups excluding carboxylic acids is 3. The Labute approximate surface area is 193 Å². The van der Waals surface area contributed by atoms with Crippen LogP contribution < -0.4 is 10.6 Å². The Kier molecular flexibility index (Phi) is 7.98. The van der Waals surface area contributed by atoms with Crippen molar-refractivity contribution in [2.75, 3.05) is 6.54 Å². The minimum atomic E-state index is -1.03. The summed E-state index contributed by atoms with van der Waals surface area (Å²) < 4.78 is 0. The van der Waals surface area contributed by atoms with Crippen molar-refractivity contribution in [3.8, 4) is 0 Å².